The van der Waals surface area contributed by atoms with Gasteiger partial charge in [-0.1, -0.05) is 48.5 Å². The Balaban J connectivity index is 1.50. The van der Waals surface area contributed by atoms with Gasteiger partial charge in [0.05, 0.1) is 0 Å². The van der Waals surface area contributed by atoms with Crippen LogP contribution in [0.25, 0.3) is 11.1 Å². The smallest absolute Gasteiger partial charge is 0.321 e. The van der Waals surface area contributed by atoms with Crippen LogP contribution in [0.5, 0.6) is 0 Å². The maximum atomic E-state index is 12.7. The van der Waals surface area contributed by atoms with Gasteiger partial charge in [-0.15, -0.1) is 0 Å². The zero-order chi connectivity index (χ0) is 21.1. The number of fused-ring (bicyclic) bond motifs is 3. The molecule has 1 aliphatic rings. The van der Waals surface area contributed by atoms with Crippen LogP contribution in [0.2, 0.25) is 0 Å². The number of esters is 1. The SMILES string of the molecule is NC(Cc1ccncc1)[C@@H](C(=O)O)C(=O)OCC1c2ccccc2-c2ccccc21. The van der Waals surface area contributed by atoms with Crippen LogP contribution in [-0.4, -0.2) is 34.7 Å². The van der Waals surface area contributed by atoms with Gasteiger partial charge in [0.2, 0.25) is 0 Å². The summed E-state index contributed by atoms with van der Waals surface area (Å²) in [6, 6.07) is 18.5. The van der Waals surface area contributed by atoms with Crippen molar-refractivity contribution in [3.63, 3.8) is 0 Å². The largest absolute Gasteiger partial charge is 0.481 e. The van der Waals surface area contributed by atoms with Crippen LogP contribution in [0.15, 0.2) is 73.1 Å². The Bertz CT molecular complexity index is 1020. The van der Waals surface area contributed by atoms with Gasteiger partial charge in [0.1, 0.15) is 6.61 Å². The van der Waals surface area contributed by atoms with Crippen LogP contribution in [-0.2, 0) is 20.7 Å². The Morgan fingerprint density at radius 1 is 0.967 bits per heavy atom. The molecular weight excluding hydrogens is 380 g/mol. The molecule has 0 spiro atoms. The van der Waals surface area contributed by atoms with Crippen LogP contribution in [0.4, 0.5) is 0 Å². The summed E-state index contributed by atoms with van der Waals surface area (Å²) in [5, 5.41) is 9.61. The Hall–Kier alpha value is -3.51. The summed E-state index contributed by atoms with van der Waals surface area (Å²) in [5.41, 5.74) is 11.3. The van der Waals surface area contributed by atoms with E-state index in [1.165, 1.54) is 0 Å². The van der Waals surface area contributed by atoms with Gasteiger partial charge >= 0.3 is 11.9 Å². The van der Waals surface area contributed by atoms with Gasteiger partial charge in [0.25, 0.3) is 0 Å². The summed E-state index contributed by atoms with van der Waals surface area (Å²) in [6.45, 7) is 0.0681. The predicted molar refractivity (Wildman–Crippen MR) is 112 cm³/mol. The number of aromatic nitrogens is 1. The number of carbonyl (C=O) groups is 2. The monoisotopic (exact) mass is 402 g/mol. The van der Waals surface area contributed by atoms with Crippen molar-refractivity contribution in [1.82, 2.24) is 4.98 Å². The average Bonchev–Trinajstić information content (AvgIpc) is 3.06. The minimum absolute atomic E-state index is 0.0681. The Morgan fingerprint density at radius 2 is 1.53 bits per heavy atom. The number of benzene rings is 2. The predicted octanol–water partition coefficient (Wildman–Crippen LogP) is 3.01. The highest BCUT2D eigenvalue weighted by Gasteiger charge is 2.36. The number of rotatable bonds is 7. The molecule has 0 saturated heterocycles. The number of carboxylic acid groups (broad SMARTS) is 1. The van der Waals surface area contributed by atoms with E-state index in [0.29, 0.717) is 0 Å². The first kappa shape index (κ1) is 19.8. The van der Waals surface area contributed by atoms with E-state index in [0.717, 1.165) is 27.8 Å². The standard InChI is InChI=1S/C24H22N2O4/c25-21(13-15-9-11-26-12-10-15)22(23(27)28)24(29)30-14-20-18-7-3-1-5-16(18)17-6-2-4-8-19(17)20/h1-12,20-22H,13-14,25H2,(H,27,28)/t21?,22-/m0/s1. The lowest BCUT2D eigenvalue weighted by Crippen LogP contribution is -2.43. The number of carboxylic acids is 1. The van der Waals surface area contributed by atoms with Crippen LogP contribution < -0.4 is 5.73 Å². The number of pyridine rings is 1. The topological polar surface area (TPSA) is 103 Å². The molecule has 2 atom stereocenters. The quantitative estimate of drug-likeness (QED) is 0.465. The summed E-state index contributed by atoms with van der Waals surface area (Å²) in [6.07, 6.45) is 3.44. The van der Waals surface area contributed by atoms with Gasteiger partial charge in [-0.3, -0.25) is 14.6 Å². The van der Waals surface area contributed by atoms with Crippen LogP contribution in [0.3, 0.4) is 0 Å². The van der Waals surface area contributed by atoms with Crippen LogP contribution in [0, 0.1) is 5.92 Å². The maximum absolute atomic E-state index is 12.7. The van der Waals surface area contributed by atoms with Crippen molar-refractivity contribution < 1.29 is 19.4 Å². The number of nitrogens with two attached hydrogens (primary N) is 1. The molecular formula is C24H22N2O4. The third kappa shape index (κ3) is 3.82. The molecule has 30 heavy (non-hydrogen) atoms. The maximum Gasteiger partial charge on any atom is 0.321 e. The van der Waals surface area contributed by atoms with E-state index in [9.17, 15) is 14.7 Å². The molecule has 1 aromatic heterocycles. The first-order valence-electron chi connectivity index (χ1n) is 9.78. The summed E-state index contributed by atoms with van der Waals surface area (Å²) < 4.78 is 5.51. The summed E-state index contributed by atoms with van der Waals surface area (Å²) >= 11 is 0. The second-order valence-electron chi connectivity index (χ2n) is 7.40. The third-order valence-electron chi connectivity index (χ3n) is 5.52. The van der Waals surface area contributed by atoms with E-state index in [1.807, 2.05) is 48.5 Å². The van der Waals surface area contributed by atoms with Crippen molar-refractivity contribution in [2.24, 2.45) is 11.7 Å². The fraction of sp³-hybridized carbons (Fsp3) is 0.208. The number of nitrogens with zero attached hydrogens (tertiary/aromatic N) is 1. The molecule has 152 valence electrons. The first-order chi connectivity index (χ1) is 14.6. The third-order valence-corrected chi connectivity index (χ3v) is 5.52. The lowest BCUT2D eigenvalue weighted by Gasteiger charge is -2.21. The normalized spacial score (nSPS) is 14.4. The molecule has 3 aromatic rings. The van der Waals surface area contributed by atoms with Crippen LogP contribution >= 0.6 is 0 Å². The van der Waals surface area contributed by atoms with Gasteiger partial charge in [0.15, 0.2) is 5.92 Å². The van der Waals surface area contributed by atoms with Gasteiger partial charge in [-0.2, -0.15) is 0 Å². The first-order valence-corrected chi connectivity index (χ1v) is 9.78. The van der Waals surface area contributed by atoms with E-state index in [2.05, 4.69) is 4.98 Å². The Kier molecular flexibility index (Phi) is 5.59. The molecule has 6 heteroatoms. The average molecular weight is 402 g/mol. The van der Waals surface area contributed by atoms with Gasteiger partial charge in [0, 0.05) is 24.4 Å². The number of ether oxygens (including phenoxy) is 1. The highest BCUT2D eigenvalue weighted by atomic mass is 16.5. The molecule has 1 aliphatic carbocycles. The molecule has 0 bridgehead atoms. The molecule has 0 amide bonds. The van der Waals surface area contributed by atoms with Gasteiger partial charge < -0.3 is 15.6 Å². The molecule has 0 radical (unpaired) electrons. The van der Waals surface area contributed by atoms with Crippen LogP contribution in [0.1, 0.15) is 22.6 Å². The fourth-order valence-corrected chi connectivity index (χ4v) is 4.06. The molecule has 0 aliphatic heterocycles. The minimum atomic E-state index is -1.44. The lowest BCUT2D eigenvalue weighted by molar-refractivity contribution is -0.159. The zero-order valence-corrected chi connectivity index (χ0v) is 16.3. The van der Waals surface area contributed by atoms with Gasteiger partial charge in [-0.05, 0) is 46.4 Å². The van der Waals surface area contributed by atoms with E-state index in [-0.39, 0.29) is 18.9 Å². The molecule has 2 aromatic carbocycles. The Labute approximate surface area is 174 Å². The number of aliphatic carboxylic acids is 1. The van der Waals surface area contributed by atoms with E-state index < -0.39 is 23.9 Å². The molecule has 1 unspecified atom stereocenters. The zero-order valence-electron chi connectivity index (χ0n) is 16.3. The lowest BCUT2D eigenvalue weighted by atomic mass is 9.94. The second kappa shape index (κ2) is 8.47. The fourth-order valence-electron chi connectivity index (χ4n) is 4.06. The number of carbonyl (C=O) groups excluding carboxylic acids is 1. The molecule has 3 N–H and O–H groups in total. The van der Waals surface area contributed by atoms with E-state index in [1.54, 1.807) is 24.5 Å². The highest BCUT2D eigenvalue weighted by molar-refractivity contribution is 5.95. The molecule has 6 nitrogen and oxygen atoms in total. The molecule has 4 rings (SSSR count). The summed E-state index contributed by atoms with van der Waals surface area (Å²) in [5.74, 6) is -3.67. The summed E-state index contributed by atoms with van der Waals surface area (Å²) in [7, 11) is 0. The molecule has 0 saturated carbocycles. The second-order valence-corrected chi connectivity index (χ2v) is 7.40. The minimum Gasteiger partial charge on any atom is -0.481 e. The highest BCUT2D eigenvalue weighted by Crippen LogP contribution is 2.44. The van der Waals surface area contributed by atoms with Crippen molar-refractivity contribution in [3.05, 3.63) is 89.7 Å². The summed E-state index contributed by atoms with van der Waals surface area (Å²) in [4.78, 5) is 28.4. The van der Waals surface area contributed by atoms with Crippen molar-refractivity contribution in [1.29, 1.82) is 0 Å². The Morgan fingerprint density at radius 3 is 2.10 bits per heavy atom. The van der Waals surface area contributed by atoms with Crippen molar-refractivity contribution >= 4 is 11.9 Å². The van der Waals surface area contributed by atoms with Crippen molar-refractivity contribution in [2.45, 2.75) is 18.4 Å². The van der Waals surface area contributed by atoms with E-state index in [4.69, 9.17) is 10.5 Å². The van der Waals surface area contributed by atoms with E-state index >= 15 is 0 Å². The molecule has 1 heterocycles. The number of hydrogen-bond donors (Lipinski definition) is 2. The number of hydrogen-bond acceptors (Lipinski definition) is 5. The van der Waals surface area contributed by atoms with Gasteiger partial charge in [-0.25, -0.2) is 0 Å². The van der Waals surface area contributed by atoms with Crippen molar-refractivity contribution in [2.75, 3.05) is 6.61 Å². The molecule has 0 fully saturated rings. The van der Waals surface area contributed by atoms with Crippen molar-refractivity contribution in [3.8, 4) is 11.1 Å².